The van der Waals surface area contributed by atoms with Gasteiger partial charge in [-0.25, -0.2) is 9.97 Å². The summed E-state index contributed by atoms with van der Waals surface area (Å²) in [6.45, 7) is 0. The van der Waals surface area contributed by atoms with Crippen LogP contribution in [0.5, 0.6) is 0 Å². The molecule has 0 unspecified atom stereocenters. The Morgan fingerprint density at radius 2 is 1.06 bits per heavy atom. The average Bonchev–Trinajstić information content (AvgIpc) is 3.61. The van der Waals surface area contributed by atoms with Crippen LogP contribution in [0.3, 0.4) is 0 Å². The van der Waals surface area contributed by atoms with Crippen molar-refractivity contribution < 1.29 is 4.42 Å². The van der Waals surface area contributed by atoms with Crippen molar-refractivity contribution in [3.05, 3.63) is 170 Å². The van der Waals surface area contributed by atoms with Crippen molar-refractivity contribution in [2.75, 3.05) is 0 Å². The molecular weight excluding hydrogens is 625 g/mol. The van der Waals surface area contributed by atoms with E-state index in [4.69, 9.17) is 14.4 Å². The van der Waals surface area contributed by atoms with Gasteiger partial charge in [0.05, 0.1) is 28.3 Å². The van der Waals surface area contributed by atoms with Crippen molar-refractivity contribution in [1.82, 2.24) is 19.9 Å². The number of rotatable bonds is 5. The smallest absolute Gasteiger partial charge is 0.162 e. The van der Waals surface area contributed by atoms with Gasteiger partial charge in [-0.15, -0.1) is 0 Å². The van der Waals surface area contributed by atoms with Crippen LogP contribution in [-0.4, -0.2) is 19.9 Å². The fraction of sp³-hybridized carbons (Fsp3) is 0. The molecule has 0 atom stereocenters. The van der Waals surface area contributed by atoms with Crippen molar-refractivity contribution in [1.29, 1.82) is 0 Å². The molecule has 0 aliphatic carbocycles. The van der Waals surface area contributed by atoms with Crippen LogP contribution in [0.1, 0.15) is 0 Å². The maximum Gasteiger partial charge on any atom is 0.162 e. The highest BCUT2D eigenvalue weighted by molar-refractivity contribution is 6.25. The number of aromatic nitrogens is 4. The van der Waals surface area contributed by atoms with E-state index in [1.54, 1.807) is 12.4 Å². The Morgan fingerprint density at radius 1 is 0.412 bits per heavy atom. The molecule has 0 aliphatic heterocycles. The molecule has 51 heavy (non-hydrogen) atoms. The van der Waals surface area contributed by atoms with Gasteiger partial charge in [0.15, 0.2) is 5.58 Å². The van der Waals surface area contributed by atoms with Crippen molar-refractivity contribution >= 4 is 43.6 Å². The molecule has 0 aliphatic rings. The van der Waals surface area contributed by atoms with Crippen molar-refractivity contribution in [2.24, 2.45) is 0 Å². The van der Waals surface area contributed by atoms with E-state index in [1.165, 1.54) is 5.39 Å². The first-order chi connectivity index (χ1) is 25.3. The minimum Gasteiger partial charge on any atom is -0.454 e. The highest BCUT2D eigenvalue weighted by Gasteiger charge is 2.21. The molecule has 238 valence electrons. The first kappa shape index (κ1) is 29.0. The van der Waals surface area contributed by atoms with Gasteiger partial charge >= 0.3 is 0 Å². The summed E-state index contributed by atoms with van der Waals surface area (Å²) in [4.78, 5) is 19.6. The van der Waals surface area contributed by atoms with Crippen LogP contribution in [-0.2, 0) is 0 Å². The highest BCUT2D eigenvalue weighted by Crippen LogP contribution is 2.44. The van der Waals surface area contributed by atoms with Gasteiger partial charge in [-0.2, -0.15) is 0 Å². The Morgan fingerprint density at radius 3 is 1.84 bits per heavy atom. The van der Waals surface area contributed by atoms with Gasteiger partial charge in [-0.3, -0.25) is 9.97 Å². The van der Waals surface area contributed by atoms with E-state index in [1.807, 2.05) is 48.5 Å². The quantitative estimate of drug-likeness (QED) is 0.185. The third-order valence-electron chi connectivity index (χ3n) is 9.57. The summed E-state index contributed by atoms with van der Waals surface area (Å²) >= 11 is 0. The molecule has 5 heteroatoms. The summed E-state index contributed by atoms with van der Waals surface area (Å²) in [5, 5.41) is 5.51. The fourth-order valence-electron chi connectivity index (χ4n) is 7.24. The van der Waals surface area contributed by atoms with Crippen LogP contribution in [0.25, 0.3) is 99.9 Å². The van der Waals surface area contributed by atoms with E-state index < -0.39 is 0 Å². The van der Waals surface area contributed by atoms with Crippen LogP contribution in [0, 0.1) is 0 Å². The van der Waals surface area contributed by atoms with Gasteiger partial charge < -0.3 is 4.42 Å². The molecule has 0 saturated carbocycles. The lowest BCUT2D eigenvalue weighted by molar-refractivity contribution is 0.669. The van der Waals surface area contributed by atoms with Gasteiger partial charge in [-0.1, -0.05) is 103 Å². The molecule has 0 spiro atoms. The molecule has 5 aromatic heterocycles. The lowest BCUT2D eigenvalue weighted by Gasteiger charge is -2.14. The maximum atomic E-state index is 6.71. The zero-order valence-corrected chi connectivity index (χ0v) is 27.4. The second kappa shape index (κ2) is 11.9. The van der Waals surface area contributed by atoms with E-state index in [0.717, 1.165) is 94.5 Å². The number of furan rings is 1. The van der Waals surface area contributed by atoms with Crippen molar-refractivity contribution in [3.8, 4) is 56.3 Å². The van der Waals surface area contributed by atoms with E-state index >= 15 is 0 Å². The van der Waals surface area contributed by atoms with E-state index in [0.29, 0.717) is 0 Å². The molecule has 5 heterocycles. The van der Waals surface area contributed by atoms with Gasteiger partial charge in [0, 0.05) is 34.1 Å². The summed E-state index contributed by atoms with van der Waals surface area (Å²) in [6.07, 6.45) is 3.59. The summed E-state index contributed by atoms with van der Waals surface area (Å²) in [5.74, 6) is 0. The molecular formula is C46H28N4O. The second-order valence-corrected chi connectivity index (χ2v) is 12.6. The van der Waals surface area contributed by atoms with Crippen molar-refractivity contribution in [2.45, 2.75) is 0 Å². The Balaban J connectivity index is 1.21. The summed E-state index contributed by atoms with van der Waals surface area (Å²) in [5.41, 5.74) is 11.9. The van der Waals surface area contributed by atoms with Gasteiger partial charge in [0.1, 0.15) is 11.3 Å². The molecule has 0 amide bonds. The molecule has 10 aromatic rings. The predicted molar refractivity (Wildman–Crippen MR) is 207 cm³/mol. The number of hydrogen-bond acceptors (Lipinski definition) is 5. The van der Waals surface area contributed by atoms with E-state index in [2.05, 4.69) is 119 Å². The lowest BCUT2D eigenvalue weighted by Crippen LogP contribution is -1.94. The SMILES string of the molecule is c1ccc(-c2cc(-c3cccc(-c4cccc5nc(-c6cccc7ccccc67)c6oc7ccccc7c6c45)c3)cc(-c3ccccn3)n2)nc1. The normalized spacial score (nSPS) is 11.5. The zero-order chi connectivity index (χ0) is 33.7. The minimum absolute atomic E-state index is 0.790. The number of fused-ring (bicyclic) bond motifs is 6. The van der Waals surface area contributed by atoms with E-state index in [9.17, 15) is 0 Å². The third kappa shape index (κ3) is 4.94. The molecule has 0 bridgehead atoms. The topological polar surface area (TPSA) is 64.7 Å². The molecule has 10 rings (SSSR count). The van der Waals surface area contributed by atoms with Crippen molar-refractivity contribution in [3.63, 3.8) is 0 Å². The van der Waals surface area contributed by atoms with Gasteiger partial charge in [0.25, 0.3) is 0 Å². The molecule has 0 N–H and O–H groups in total. The summed E-state index contributed by atoms with van der Waals surface area (Å²) in [7, 11) is 0. The summed E-state index contributed by atoms with van der Waals surface area (Å²) < 4.78 is 6.71. The van der Waals surface area contributed by atoms with Crippen LogP contribution in [0.15, 0.2) is 175 Å². The van der Waals surface area contributed by atoms with Crippen LogP contribution < -0.4 is 0 Å². The molecule has 5 aromatic carbocycles. The number of hydrogen-bond donors (Lipinski definition) is 0. The van der Waals surface area contributed by atoms with Crippen LogP contribution >= 0.6 is 0 Å². The highest BCUT2D eigenvalue weighted by atomic mass is 16.3. The van der Waals surface area contributed by atoms with Crippen LogP contribution in [0.2, 0.25) is 0 Å². The molecule has 0 saturated heterocycles. The fourth-order valence-corrected chi connectivity index (χ4v) is 7.24. The molecule has 5 nitrogen and oxygen atoms in total. The summed E-state index contributed by atoms with van der Waals surface area (Å²) in [6, 6.07) is 54.2. The Hall–Kier alpha value is -6.98. The Bertz CT molecular complexity index is 2850. The standard InChI is InChI=1S/C46H28N4O/c1-2-16-33-29(12-1)13-10-19-35(33)45-46-44(36-17-3-4-23-42(36)51-46)43-34(18-11-22-39(43)50-45)31-15-9-14-30(26-31)32-27-40(37-20-5-7-24-47-37)49-41(28-32)38-21-6-8-25-48-38/h1-28H. The first-order valence-corrected chi connectivity index (χ1v) is 17.0. The number of nitrogens with zero attached hydrogens (tertiary/aromatic N) is 4. The second-order valence-electron chi connectivity index (χ2n) is 12.6. The number of pyridine rings is 4. The van der Waals surface area contributed by atoms with Gasteiger partial charge in [-0.05, 0) is 87.6 Å². The number of para-hydroxylation sites is 1. The Labute approximate surface area is 293 Å². The maximum absolute atomic E-state index is 6.71. The zero-order valence-electron chi connectivity index (χ0n) is 27.4. The monoisotopic (exact) mass is 652 g/mol. The minimum atomic E-state index is 0.790. The Kier molecular flexibility index (Phi) is 6.74. The predicted octanol–water partition coefficient (Wildman–Crippen LogP) is 11.8. The third-order valence-corrected chi connectivity index (χ3v) is 9.57. The van der Waals surface area contributed by atoms with Crippen LogP contribution in [0.4, 0.5) is 0 Å². The lowest BCUT2D eigenvalue weighted by atomic mass is 9.93. The molecule has 0 fully saturated rings. The largest absolute Gasteiger partial charge is 0.454 e. The van der Waals surface area contributed by atoms with Gasteiger partial charge in [0.2, 0.25) is 0 Å². The molecule has 0 radical (unpaired) electrons. The first-order valence-electron chi connectivity index (χ1n) is 17.0. The average molecular weight is 653 g/mol. The van der Waals surface area contributed by atoms with E-state index in [-0.39, 0.29) is 0 Å². The number of benzene rings is 5.